The molecule has 0 N–H and O–H groups in total. The molecule has 2 heterocycles. The molecule has 1 aromatic heterocycles. The Hall–Kier alpha value is -2.62. The lowest BCUT2D eigenvalue weighted by molar-refractivity contribution is -0.130. The molecular weight excluding hydrogens is 465 g/mol. The Balaban J connectivity index is 1.31. The summed E-state index contributed by atoms with van der Waals surface area (Å²) in [6.45, 7) is 2.96. The summed E-state index contributed by atoms with van der Waals surface area (Å²) >= 11 is 7.51. The van der Waals surface area contributed by atoms with Crippen molar-refractivity contribution in [1.82, 2.24) is 24.6 Å². The highest BCUT2D eigenvalue weighted by atomic mass is 35.5. The minimum atomic E-state index is -0.298. The number of halogens is 2. The van der Waals surface area contributed by atoms with Crippen molar-refractivity contribution in [3.05, 3.63) is 58.9 Å². The lowest BCUT2D eigenvalue weighted by Gasteiger charge is -2.34. The van der Waals surface area contributed by atoms with E-state index in [1.165, 1.54) is 17.8 Å². The van der Waals surface area contributed by atoms with Gasteiger partial charge < -0.3 is 14.2 Å². The molecule has 0 saturated carbocycles. The molecule has 0 bridgehead atoms. The summed E-state index contributed by atoms with van der Waals surface area (Å²) in [5.41, 5.74) is 1.35. The average Bonchev–Trinajstić information content (AvgIpc) is 3.20. The molecule has 0 atom stereocenters. The fourth-order valence-electron chi connectivity index (χ4n) is 3.78. The second kappa shape index (κ2) is 10.5. The number of hydrogen-bond acceptors (Lipinski definition) is 6. The van der Waals surface area contributed by atoms with Gasteiger partial charge in [-0.05, 0) is 24.3 Å². The van der Waals surface area contributed by atoms with Crippen molar-refractivity contribution >= 4 is 29.3 Å². The number of para-hydroxylation sites is 1. The summed E-state index contributed by atoms with van der Waals surface area (Å²) in [6.07, 6.45) is 0. The van der Waals surface area contributed by atoms with Gasteiger partial charge in [-0.2, -0.15) is 0 Å². The summed E-state index contributed by atoms with van der Waals surface area (Å²) < 4.78 is 21.3. The van der Waals surface area contributed by atoms with Crippen molar-refractivity contribution in [3.63, 3.8) is 0 Å². The largest absolute Gasteiger partial charge is 0.496 e. The second-order valence-electron chi connectivity index (χ2n) is 7.71. The Morgan fingerprint density at radius 1 is 1.12 bits per heavy atom. The van der Waals surface area contributed by atoms with Crippen LogP contribution in [-0.2, 0) is 18.4 Å². The molecule has 0 spiro atoms. The van der Waals surface area contributed by atoms with E-state index in [9.17, 15) is 9.18 Å². The Labute approximate surface area is 201 Å². The third-order valence-corrected chi connectivity index (χ3v) is 7.04. The van der Waals surface area contributed by atoms with Gasteiger partial charge in [-0.3, -0.25) is 9.69 Å². The van der Waals surface area contributed by atoms with Crippen LogP contribution in [-0.4, -0.2) is 69.5 Å². The van der Waals surface area contributed by atoms with Gasteiger partial charge in [-0.1, -0.05) is 41.6 Å². The molecular formula is C23H25ClFN5O2S. The first-order valence-corrected chi connectivity index (χ1v) is 11.9. The van der Waals surface area contributed by atoms with Crippen molar-refractivity contribution in [2.75, 3.05) is 39.0 Å². The van der Waals surface area contributed by atoms with E-state index in [-0.39, 0.29) is 17.5 Å². The maximum Gasteiger partial charge on any atom is 0.233 e. The van der Waals surface area contributed by atoms with Gasteiger partial charge in [0.25, 0.3) is 0 Å². The minimum Gasteiger partial charge on any atom is -0.496 e. The van der Waals surface area contributed by atoms with Gasteiger partial charge in [0, 0.05) is 50.4 Å². The van der Waals surface area contributed by atoms with Crippen molar-refractivity contribution in [1.29, 1.82) is 0 Å². The van der Waals surface area contributed by atoms with Crippen LogP contribution >= 0.6 is 23.4 Å². The van der Waals surface area contributed by atoms with Crippen LogP contribution in [0.2, 0.25) is 5.02 Å². The summed E-state index contributed by atoms with van der Waals surface area (Å²) in [5.74, 6) is 1.42. The van der Waals surface area contributed by atoms with E-state index < -0.39 is 0 Å². The average molecular weight is 490 g/mol. The predicted molar refractivity (Wildman–Crippen MR) is 127 cm³/mol. The van der Waals surface area contributed by atoms with Gasteiger partial charge >= 0.3 is 0 Å². The Kier molecular flexibility index (Phi) is 7.52. The van der Waals surface area contributed by atoms with Gasteiger partial charge in [0.2, 0.25) is 5.91 Å². The van der Waals surface area contributed by atoms with E-state index in [2.05, 4.69) is 15.1 Å². The third-order valence-electron chi connectivity index (χ3n) is 5.68. The maximum atomic E-state index is 14.1. The highest BCUT2D eigenvalue weighted by Crippen LogP contribution is 2.30. The van der Waals surface area contributed by atoms with Crippen LogP contribution in [0.3, 0.4) is 0 Å². The second-order valence-corrected chi connectivity index (χ2v) is 9.06. The summed E-state index contributed by atoms with van der Waals surface area (Å²) in [7, 11) is 3.50. The number of amides is 1. The van der Waals surface area contributed by atoms with E-state index in [0.717, 1.165) is 11.3 Å². The molecule has 10 heteroatoms. The number of benzene rings is 2. The molecule has 0 unspecified atom stereocenters. The lowest BCUT2D eigenvalue weighted by Crippen LogP contribution is -2.48. The van der Waals surface area contributed by atoms with E-state index in [1.807, 2.05) is 40.8 Å². The zero-order chi connectivity index (χ0) is 23.4. The smallest absolute Gasteiger partial charge is 0.233 e. The first kappa shape index (κ1) is 23.5. The highest BCUT2D eigenvalue weighted by molar-refractivity contribution is 7.99. The Bertz CT molecular complexity index is 1110. The number of ether oxygens (including phenoxy) is 1. The molecule has 3 aromatic rings. The van der Waals surface area contributed by atoms with E-state index in [1.54, 1.807) is 19.2 Å². The predicted octanol–water partition coefficient (Wildman–Crippen LogP) is 3.72. The van der Waals surface area contributed by atoms with Crippen molar-refractivity contribution in [2.45, 2.75) is 11.7 Å². The zero-order valence-electron chi connectivity index (χ0n) is 18.5. The summed E-state index contributed by atoms with van der Waals surface area (Å²) in [6, 6.07) is 12.3. The molecule has 4 rings (SSSR count). The Morgan fingerprint density at radius 2 is 1.88 bits per heavy atom. The first-order valence-electron chi connectivity index (χ1n) is 10.6. The lowest BCUT2D eigenvalue weighted by atomic mass is 10.2. The van der Waals surface area contributed by atoms with E-state index in [0.29, 0.717) is 54.3 Å². The quantitative estimate of drug-likeness (QED) is 0.471. The van der Waals surface area contributed by atoms with Crippen LogP contribution < -0.4 is 4.74 Å². The standard InChI is InChI=1S/C23H25ClFN5O2S/c1-28-22(16-6-3-4-9-20(16)32-2)26-27-23(28)33-15-21(31)30-12-10-29(11-13-30)14-17-18(24)7-5-8-19(17)25/h3-9H,10-15H2,1-2H3. The number of thioether (sulfide) groups is 1. The number of aromatic nitrogens is 3. The van der Waals surface area contributed by atoms with Crippen LogP contribution in [0, 0.1) is 5.82 Å². The monoisotopic (exact) mass is 489 g/mol. The number of hydrogen-bond donors (Lipinski definition) is 0. The molecule has 7 nitrogen and oxygen atoms in total. The normalized spacial score (nSPS) is 14.5. The van der Waals surface area contributed by atoms with Gasteiger partial charge in [0.1, 0.15) is 11.6 Å². The SMILES string of the molecule is COc1ccccc1-c1nnc(SCC(=O)N2CCN(Cc3c(F)cccc3Cl)CC2)n1C. The Morgan fingerprint density at radius 3 is 2.61 bits per heavy atom. The third kappa shape index (κ3) is 5.31. The molecule has 174 valence electrons. The molecule has 1 fully saturated rings. The molecule has 1 aliphatic heterocycles. The van der Waals surface area contributed by atoms with Crippen LogP contribution in [0.15, 0.2) is 47.6 Å². The van der Waals surface area contributed by atoms with Gasteiger partial charge in [-0.15, -0.1) is 10.2 Å². The molecule has 33 heavy (non-hydrogen) atoms. The number of carbonyl (C=O) groups is 1. The number of rotatable bonds is 7. The van der Waals surface area contributed by atoms with Crippen molar-refractivity contribution in [3.8, 4) is 17.1 Å². The molecule has 1 saturated heterocycles. The number of carbonyl (C=O) groups excluding carboxylic acids is 1. The minimum absolute atomic E-state index is 0.0467. The molecule has 2 aromatic carbocycles. The molecule has 1 aliphatic rings. The van der Waals surface area contributed by atoms with E-state index in [4.69, 9.17) is 16.3 Å². The maximum absolute atomic E-state index is 14.1. The zero-order valence-corrected chi connectivity index (χ0v) is 20.1. The number of nitrogens with zero attached hydrogens (tertiary/aromatic N) is 5. The molecule has 1 amide bonds. The van der Waals surface area contributed by atoms with Crippen LogP contribution in [0.4, 0.5) is 4.39 Å². The topological polar surface area (TPSA) is 63.5 Å². The fraction of sp³-hybridized carbons (Fsp3) is 0.348. The van der Waals surface area contributed by atoms with Crippen molar-refractivity contribution in [2.24, 2.45) is 7.05 Å². The van der Waals surface area contributed by atoms with Crippen LogP contribution in [0.5, 0.6) is 5.75 Å². The molecule has 0 radical (unpaired) electrons. The number of methoxy groups -OCH3 is 1. The fourth-order valence-corrected chi connectivity index (χ4v) is 4.82. The van der Waals surface area contributed by atoms with Gasteiger partial charge in [0.15, 0.2) is 11.0 Å². The van der Waals surface area contributed by atoms with Crippen LogP contribution in [0.1, 0.15) is 5.56 Å². The first-order chi connectivity index (χ1) is 16.0. The summed E-state index contributed by atoms with van der Waals surface area (Å²) in [4.78, 5) is 16.7. The van der Waals surface area contributed by atoms with Gasteiger partial charge in [-0.25, -0.2) is 4.39 Å². The van der Waals surface area contributed by atoms with Gasteiger partial charge in [0.05, 0.1) is 18.4 Å². The molecule has 0 aliphatic carbocycles. The van der Waals surface area contributed by atoms with Crippen LogP contribution in [0.25, 0.3) is 11.4 Å². The van der Waals surface area contributed by atoms with E-state index >= 15 is 0 Å². The number of piperazine rings is 1. The summed E-state index contributed by atoms with van der Waals surface area (Å²) in [5, 5.41) is 9.64. The highest BCUT2D eigenvalue weighted by Gasteiger charge is 2.23. The van der Waals surface area contributed by atoms with Crippen molar-refractivity contribution < 1.29 is 13.9 Å².